The summed E-state index contributed by atoms with van der Waals surface area (Å²) in [6.07, 6.45) is 3.56. The lowest BCUT2D eigenvalue weighted by Gasteiger charge is -2.14. The van der Waals surface area contributed by atoms with Gasteiger partial charge in [-0.3, -0.25) is 4.98 Å². The maximum absolute atomic E-state index is 5.20. The number of pyridine rings is 1. The average molecular weight is 615 g/mol. The van der Waals surface area contributed by atoms with Crippen molar-refractivity contribution < 1.29 is 0 Å². The Morgan fingerprint density at radius 3 is 0.854 bits per heavy atom. The van der Waals surface area contributed by atoms with Gasteiger partial charge in [0, 0.05) is 29.1 Å². The van der Waals surface area contributed by atoms with Gasteiger partial charge in [-0.25, -0.2) is 15.0 Å². The van der Waals surface area contributed by atoms with Crippen LogP contribution in [0.15, 0.2) is 182 Å². The second-order valence-electron chi connectivity index (χ2n) is 11.6. The molecule has 0 radical (unpaired) electrons. The smallest absolute Gasteiger partial charge is 0.165 e. The summed E-state index contributed by atoms with van der Waals surface area (Å²) < 4.78 is 0. The van der Waals surface area contributed by atoms with Crippen LogP contribution < -0.4 is 0 Å². The summed E-state index contributed by atoms with van der Waals surface area (Å²) in [4.78, 5) is 19.7. The number of benzene rings is 6. The standard InChI is InChI=1S/C44H30N4/c1-5-14-31(15-6-1)36-24-37(32-16-7-2-8-17-32)27-40(26-36)43-46-42(35-22-13-23-45-30-35)47-44(48-43)41-28-38(33-18-9-3-10-19-33)25-39(29-41)34-20-11-4-12-21-34/h1-30H. The molecule has 2 aromatic heterocycles. The van der Waals surface area contributed by atoms with Crippen molar-refractivity contribution in [1.82, 2.24) is 19.9 Å². The van der Waals surface area contributed by atoms with Gasteiger partial charge in [0.25, 0.3) is 0 Å². The van der Waals surface area contributed by atoms with Crippen molar-refractivity contribution in [2.24, 2.45) is 0 Å². The van der Waals surface area contributed by atoms with E-state index in [-0.39, 0.29) is 0 Å². The van der Waals surface area contributed by atoms with Crippen molar-refractivity contribution in [1.29, 1.82) is 0 Å². The summed E-state index contributed by atoms with van der Waals surface area (Å²) in [5.41, 5.74) is 11.5. The molecule has 8 aromatic rings. The SMILES string of the molecule is c1ccc(-c2cc(-c3ccccc3)cc(-c3nc(-c4cccnc4)nc(-c4cc(-c5ccccc5)cc(-c5ccccc5)c4)n3)c2)cc1. The van der Waals surface area contributed by atoms with E-state index in [1.807, 2.05) is 36.4 Å². The molecule has 0 bridgehead atoms. The van der Waals surface area contributed by atoms with Gasteiger partial charge in [-0.15, -0.1) is 0 Å². The monoisotopic (exact) mass is 614 g/mol. The molecule has 6 aromatic carbocycles. The third kappa shape index (κ3) is 6.15. The van der Waals surface area contributed by atoms with Crippen molar-refractivity contribution in [2.75, 3.05) is 0 Å². The van der Waals surface area contributed by atoms with E-state index in [0.717, 1.165) is 61.2 Å². The molecule has 0 atom stereocenters. The van der Waals surface area contributed by atoms with E-state index in [0.29, 0.717) is 17.5 Å². The van der Waals surface area contributed by atoms with E-state index in [1.54, 1.807) is 12.4 Å². The van der Waals surface area contributed by atoms with Gasteiger partial charge in [-0.1, -0.05) is 121 Å². The first-order valence-corrected chi connectivity index (χ1v) is 16.0. The zero-order valence-electron chi connectivity index (χ0n) is 26.1. The number of hydrogen-bond acceptors (Lipinski definition) is 4. The molecule has 4 heteroatoms. The van der Waals surface area contributed by atoms with E-state index >= 15 is 0 Å². The molecule has 0 saturated carbocycles. The van der Waals surface area contributed by atoms with Crippen molar-refractivity contribution in [3.63, 3.8) is 0 Å². The maximum atomic E-state index is 5.20. The molecule has 226 valence electrons. The molecule has 0 spiro atoms. The topological polar surface area (TPSA) is 51.6 Å². The predicted molar refractivity (Wildman–Crippen MR) is 196 cm³/mol. The number of nitrogens with zero attached hydrogens (tertiary/aromatic N) is 4. The van der Waals surface area contributed by atoms with Crippen molar-refractivity contribution in [3.05, 3.63) is 182 Å². The summed E-state index contributed by atoms with van der Waals surface area (Å²) in [5, 5.41) is 0. The zero-order valence-corrected chi connectivity index (χ0v) is 26.1. The summed E-state index contributed by atoms with van der Waals surface area (Å²) in [6.45, 7) is 0. The predicted octanol–water partition coefficient (Wildman–Crippen LogP) is 10.9. The van der Waals surface area contributed by atoms with Gasteiger partial charge in [0.05, 0.1) is 0 Å². The quantitative estimate of drug-likeness (QED) is 0.179. The minimum absolute atomic E-state index is 0.570. The van der Waals surface area contributed by atoms with Gasteiger partial charge in [0.1, 0.15) is 0 Å². The Hall–Kier alpha value is -6.52. The fourth-order valence-corrected chi connectivity index (χ4v) is 5.96. The molecule has 0 fully saturated rings. The molecule has 2 heterocycles. The van der Waals surface area contributed by atoms with E-state index in [9.17, 15) is 0 Å². The molecule has 48 heavy (non-hydrogen) atoms. The molecule has 0 amide bonds. The van der Waals surface area contributed by atoms with Crippen LogP contribution in [-0.4, -0.2) is 19.9 Å². The van der Waals surface area contributed by atoms with Crippen LogP contribution in [0.25, 0.3) is 78.7 Å². The lowest BCUT2D eigenvalue weighted by molar-refractivity contribution is 1.07. The Morgan fingerprint density at radius 2 is 0.542 bits per heavy atom. The summed E-state index contributed by atoms with van der Waals surface area (Å²) >= 11 is 0. The van der Waals surface area contributed by atoms with E-state index in [4.69, 9.17) is 15.0 Å². The van der Waals surface area contributed by atoms with Gasteiger partial charge in [0.15, 0.2) is 17.5 Å². The highest BCUT2D eigenvalue weighted by molar-refractivity contribution is 5.82. The summed E-state index contributed by atoms with van der Waals surface area (Å²) in [6, 6.07) is 58.8. The van der Waals surface area contributed by atoms with Crippen molar-refractivity contribution in [3.8, 4) is 78.7 Å². The van der Waals surface area contributed by atoms with Gasteiger partial charge in [0.2, 0.25) is 0 Å². The molecule has 0 unspecified atom stereocenters. The fourth-order valence-electron chi connectivity index (χ4n) is 5.96. The Kier molecular flexibility index (Phi) is 7.87. The second kappa shape index (κ2) is 13.1. The molecular formula is C44H30N4. The number of aromatic nitrogens is 4. The Balaban J connectivity index is 1.36. The minimum atomic E-state index is 0.570. The lowest BCUT2D eigenvalue weighted by atomic mass is 9.95. The molecular weight excluding hydrogens is 585 g/mol. The van der Waals surface area contributed by atoms with Crippen LogP contribution in [0.1, 0.15) is 0 Å². The Morgan fingerprint density at radius 1 is 0.250 bits per heavy atom. The first kappa shape index (κ1) is 28.9. The van der Waals surface area contributed by atoms with Crippen molar-refractivity contribution in [2.45, 2.75) is 0 Å². The zero-order chi connectivity index (χ0) is 32.1. The third-order valence-electron chi connectivity index (χ3n) is 8.37. The number of rotatable bonds is 7. The van der Waals surface area contributed by atoms with Gasteiger partial charge in [-0.05, 0) is 93.0 Å². The van der Waals surface area contributed by atoms with E-state index in [2.05, 4.69) is 138 Å². The van der Waals surface area contributed by atoms with Gasteiger partial charge >= 0.3 is 0 Å². The van der Waals surface area contributed by atoms with E-state index in [1.165, 1.54) is 0 Å². The molecule has 0 aliphatic heterocycles. The Bertz CT molecular complexity index is 2050. The lowest BCUT2D eigenvalue weighted by Crippen LogP contribution is -2.01. The van der Waals surface area contributed by atoms with Crippen molar-refractivity contribution >= 4 is 0 Å². The molecule has 0 aliphatic carbocycles. The number of hydrogen-bond donors (Lipinski definition) is 0. The van der Waals surface area contributed by atoms with Crippen LogP contribution in [0.4, 0.5) is 0 Å². The van der Waals surface area contributed by atoms with Crippen LogP contribution in [0.2, 0.25) is 0 Å². The van der Waals surface area contributed by atoms with Gasteiger partial charge in [-0.2, -0.15) is 0 Å². The normalized spacial score (nSPS) is 10.9. The van der Waals surface area contributed by atoms with Gasteiger partial charge < -0.3 is 0 Å². The van der Waals surface area contributed by atoms with Crippen LogP contribution in [0.5, 0.6) is 0 Å². The second-order valence-corrected chi connectivity index (χ2v) is 11.6. The van der Waals surface area contributed by atoms with E-state index < -0.39 is 0 Å². The highest BCUT2D eigenvalue weighted by Gasteiger charge is 2.16. The maximum Gasteiger partial charge on any atom is 0.165 e. The minimum Gasteiger partial charge on any atom is -0.264 e. The average Bonchev–Trinajstić information content (AvgIpc) is 3.19. The highest BCUT2D eigenvalue weighted by atomic mass is 15.0. The Labute approximate surface area is 280 Å². The first-order valence-electron chi connectivity index (χ1n) is 16.0. The largest absolute Gasteiger partial charge is 0.264 e. The molecule has 0 saturated heterocycles. The van der Waals surface area contributed by atoms with Crippen LogP contribution in [-0.2, 0) is 0 Å². The molecule has 0 aliphatic rings. The van der Waals surface area contributed by atoms with Crippen LogP contribution >= 0.6 is 0 Å². The highest BCUT2D eigenvalue weighted by Crippen LogP contribution is 2.35. The molecule has 0 N–H and O–H groups in total. The molecule has 8 rings (SSSR count). The summed E-state index contributed by atoms with van der Waals surface area (Å²) in [5.74, 6) is 1.77. The van der Waals surface area contributed by atoms with Crippen LogP contribution in [0, 0.1) is 0 Å². The third-order valence-corrected chi connectivity index (χ3v) is 8.37. The fraction of sp³-hybridized carbons (Fsp3) is 0. The molecule has 4 nitrogen and oxygen atoms in total. The first-order chi connectivity index (χ1) is 23.8. The van der Waals surface area contributed by atoms with Crippen LogP contribution in [0.3, 0.4) is 0 Å². The summed E-state index contributed by atoms with van der Waals surface area (Å²) in [7, 11) is 0.